The smallest absolute Gasteiger partial charge is 0.408 e. The van der Waals surface area contributed by atoms with Crippen LogP contribution in [0.1, 0.15) is 41.7 Å². The first-order valence-electron chi connectivity index (χ1n) is 18.6. The van der Waals surface area contributed by atoms with Gasteiger partial charge < -0.3 is 20.1 Å². The standard InChI is InChI=1S/C46H42F2N4O5/c1-3-35-16-10-11-17-39(35)43-42(49-26-27-50-43)36-20-24-38(25-21-36)51-41(53)29-33-18-22-37(23-19-33)46(47,48)31(2)57-44(54)40(28-32-12-6-4-7-13-32)52-45(55)56-30-34-14-8-5-9-15-34/h4-27,31,40H,3,28-30H2,1-2H3,(H,51,53)(H,52,55)/t31-,40+/m1/s1. The van der Waals surface area contributed by atoms with Crippen LogP contribution in [0.5, 0.6) is 0 Å². The number of aromatic nitrogens is 2. The van der Waals surface area contributed by atoms with Gasteiger partial charge in [-0.15, -0.1) is 0 Å². The Kier molecular flexibility index (Phi) is 13.1. The van der Waals surface area contributed by atoms with Crippen LogP contribution in [0.25, 0.3) is 22.5 Å². The molecule has 6 aromatic rings. The Bertz CT molecular complexity index is 2270. The fourth-order valence-electron chi connectivity index (χ4n) is 6.27. The maximum atomic E-state index is 15.7. The van der Waals surface area contributed by atoms with Crippen molar-refractivity contribution in [2.24, 2.45) is 0 Å². The lowest BCUT2D eigenvalue weighted by Gasteiger charge is -2.26. The van der Waals surface area contributed by atoms with E-state index < -0.39 is 35.7 Å². The molecule has 11 heteroatoms. The number of nitrogens with one attached hydrogen (secondary N) is 2. The Morgan fingerprint density at radius 2 is 1.33 bits per heavy atom. The molecule has 1 heterocycles. The lowest BCUT2D eigenvalue weighted by Crippen LogP contribution is -2.46. The van der Waals surface area contributed by atoms with Gasteiger partial charge in [0.2, 0.25) is 5.91 Å². The van der Waals surface area contributed by atoms with Crippen molar-refractivity contribution in [2.75, 3.05) is 5.32 Å². The van der Waals surface area contributed by atoms with Gasteiger partial charge in [-0.2, -0.15) is 8.78 Å². The number of alkyl halides is 2. The molecule has 0 aliphatic rings. The summed E-state index contributed by atoms with van der Waals surface area (Å²) < 4.78 is 41.9. The minimum absolute atomic E-state index is 0.00395. The molecule has 9 nitrogen and oxygen atoms in total. The van der Waals surface area contributed by atoms with Crippen molar-refractivity contribution in [2.45, 2.75) is 57.8 Å². The van der Waals surface area contributed by atoms with E-state index in [0.29, 0.717) is 16.8 Å². The van der Waals surface area contributed by atoms with Gasteiger partial charge in [0.25, 0.3) is 0 Å². The average Bonchev–Trinajstić information content (AvgIpc) is 3.24. The van der Waals surface area contributed by atoms with E-state index >= 15 is 8.78 Å². The quantitative estimate of drug-likeness (QED) is 0.100. The number of rotatable bonds is 15. The molecule has 0 unspecified atom stereocenters. The lowest BCUT2D eigenvalue weighted by atomic mass is 9.98. The van der Waals surface area contributed by atoms with Gasteiger partial charge >= 0.3 is 18.0 Å². The molecular weight excluding hydrogens is 727 g/mol. The highest BCUT2D eigenvalue weighted by Gasteiger charge is 2.42. The molecule has 0 radical (unpaired) electrons. The molecule has 2 atom stereocenters. The van der Waals surface area contributed by atoms with Crippen molar-refractivity contribution in [3.05, 3.63) is 174 Å². The van der Waals surface area contributed by atoms with E-state index in [0.717, 1.165) is 47.0 Å². The number of anilines is 1. The summed E-state index contributed by atoms with van der Waals surface area (Å²) in [6.45, 7) is 3.14. The maximum Gasteiger partial charge on any atom is 0.408 e. The first-order valence-corrected chi connectivity index (χ1v) is 18.6. The molecular formula is C46H42F2N4O5. The molecule has 0 spiro atoms. The molecule has 2 N–H and O–H groups in total. The Morgan fingerprint density at radius 3 is 2.00 bits per heavy atom. The molecule has 0 aliphatic carbocycles. The van der Waals surface area contributed by atoms with E-state index in [-0.39, 0.29) is 25.4 Å². The summed E-state index contributed by atoms with van der Waals surface area (Å²) in [6.07, 6.45) is 1.32. The summed E-state index contributed by atoms with van der Waals surface area (Å²) in [5.41, 5.74) is 6.60. The zero-order chi connectivity index (χ0) is 40.2. The van der Waals surface area contributed by atoms with Gasteiger partial charge in [-0.05, 0) is 47.7 Å². The second kappa shape index (κ2) is 18.7. The number of nitrogens with zero attached hydrogens (tertiary/aromatic N) is 2. The van der Waals surface area contributed by atoms with Crippen LogP contribution in [0.4, 0.5) is 19.3 Å². The summed E-state index contributed by atoms with van der Waals surface area (Å²) in [6, 6.07) is 37.1. The van der Waals surface area contributed by atoms with Crippen LogP contribution in [0.3, 0.4) is 0 Å². The van der Waals surface area contributed by atoms with Crippen molar-refractivity contribution in [1.29, 1.82) is 0 Å². The van der Waals surface area contributed by atoms with Gasteiger partial charge in [0.05, 0.1) is 17.8 Å². The topological polar surface area (TPSA) is 120 Å². The fraction of sp³-hybridized carbons (Fsp3) is 0.196. The summed E-state index contributed by atoms with van der Waals surface area (Å²) in [5, 5.41) is 5.33. The molecule has 2 amide bonds. The molecule has 0 bridgehead atoms. The van der Waals surface area contributed by atoms with Crippen LogP contribution in [-0.4, -0.2) is 40.1 Å². The second-order valence-corrected chi connectivity index (χ2v) is 13.4. The molecule has 0 saturated heterocycles. The third-order valence-electron chi connectivity index (χ3n) is 9.37. The van der Waals surface area contributed by atoms with Gasteiger partial charge in [-0.1, -0.05) is 128 Å². The Balaban J connectivity index is 1.05. The normalized spacial score (nSPS) is 12.2. The molecule has 5 aromatic carbocycles. The van der Waals surface area contributed by atoms with E-state index in [1.165, 1.54) is 24.3 Å². The monoisotopic (exact) mass is 768 g/mol. The first kappa shape index (κ1) is 39.9. The predicted octanol–water partition coefficient (Wildman–Crippen LogP) is 9.12. The highest BCUT2D eigenvalue weighted by molar-refractivity contribution is 5.92. The van der Waals surface area contributed by atoms with Crippen molar-refractivity contribution in [3.63, 3.8) is 0 Å². The van der Waals surface area contributed by atoms with Crippen LogP contribution in [0.2, 0.25) is 0 Å². The van der Waals surface area contributed by atoms with Crippen molar-refractivity contribution >= 4 is 23.7 Å². The summed E-state index contributed by atoms with van der Waals surface area (Å²) in [4.78, 5) is 48.1. The van der Waals surface area contributed by atoms with Gasteiger partial charge in [0.15, 0.2) is 6.10 Å². The minimum atomic E-state index is -3.59. The second-order valence-electron chi connectivity index (χ2n) is 13.4. The molecule has 0 fully saturated rings. The SMILES string of the molecule is CCc1ccccc1-c1nccnc1-c1ccc(NC(=O)Cc2ccc(C(F)(F)[C@@H](C)OC(=O)[C@H](Cc3ccccc3)NC(=O)OCc3ccccc3)cc2)cc1. The maximum absolute atomic E-state index is 15.7. The number of carbonyl (C=O) groups is 3. The summed E-state index contributed by atoms with van der Waals surface area (Å²) >= 11 is 0. The molecule has 57 heavy (non-hydrogen) atoms. The highest BCUT2D eigenvalue weighted by atomic mass is 19.3. The number of hydrogen-bond acceptors (Lipinski definition) is 7. The number of esters is 1. The number of benzene rings is 5. The van der Waals surface area contributed by atoms with Crippen LogP contribution in [0.15, 0.2) is 146 Å². The number of ether oxygens (including phenoxy) is 2. The van der Waals surface area contributed by atoms with Crippen molar-refractivity contribution in [1.82, 2.24) is 15.3 Å². The van der Waals surface area contributed by atoms with Gasteiger partial charge in [0, 0.05) is 41.2 Å². The van der Waals surface area contributed by atoms with Gasteiger partial charge in [-0.3, -0.25) is 14.8 Å². The number of carbonyl (C=O) groups excluding carboxylic acids is 3. The van der Waals surface area contributed by atoms with Crippen molar-refractivity contribution in [3.8, 4) is 22.5 Å². The number of hydrogen-bond donors (Lipinski definition) is 2. The Hall–Kier alpha value is -6.75. The Morgan fingerprint density at radius 1 is 0.719 bits per heavy atom. The first-order chi connectivity index (χ1) is 27.6. The molecule has 0 aliphatic heterocycles. The number of alkyl carbamates (subject to hydrolysis) is 1. The van der Waals surface area contributed by atoms with Gasteiger partial charge in [0.1, 0.15) is 12.6 Å². The van der Waals surface area contributed by atoms with E-state index in [4.69, 9.17) is 9.47 Å². The molecule has 1 aromatic heterocycles. The molecule has 290 valence electrons. The van der Waals surface area contributed by atoms with Gasteiger partial charge in [-0.25, -0.2) is 9.59 Å². The predicted molar refractivity (Wildman–Crippen MR) is 214 cm³/mol. The van der Waals surface area contributed by atoms with E-state index in [2.05, 4.69) is 33.6 Å². The third kappa shape index (κ3) is 10.5. The van der Waals surface area contributed by atoms with Crippen LogP contribution >= 0.6 is 0 Å². The zero-order valence-corrected chi connectivity index (χ0v) is 31.5. The van der Waals surface area contributed by atoms with E-state index in [1.807, 2.05) is 36.4 Å². The number of aryl methyl sites for hydroxylation is 1. The van der Waals surface area contributed by atoms with Crippen LogP contribution in [-0.2, 0) is 50.9 Å². The summed E-state index contributed by atoms with van der Waals surface area (Å²) in [7, 11) is 0. The number of amides is 2. The molecule has 6 rings (SSSR count). The van der Waals surface area contributed by atoms with Crippen LogP contribution in [0, 0.1) is 0 Å². The van der Waals surface area contributed by atoms with Crippen molar-refractivity contribution < 1.29 is 32.6 Å². The lowest BCUT2D eigenvalue weighted by molar-refractivity contribution is -0.175. The third-order valence-corrected chi connectivity index (χ3v) is 9.37. The average molecular weight is 769 g/mol. The van der Waals surface area contributed by atoms with E-state index in [1.54, 1.807) is 79.1 Å². The minimum Gasteiger partial charge on any atom is -0.454 e. The Labute approximate surface area is 330 Å². The highest BCUT2D eigenvalue weighted by Crippen LogP contribution is 2.34. The summed E-state index contributed by atoms with van der Waals surface area (Å²) in [5.74, 6) is -4.96. The van der Waals surface area contributed by atoms with E-state index in [9.17, 15) is 14.4 Å². The molecule has 0 saturated carbocycles. The largest absolute Gasteiger partial charge is 0.454 e. The number of halogens is 2. The van der Waals surface area contributed by atoms with Crippen LogP contribution < -0.4 is 10.6 Å². The fourth-order valence-corrected chi connectivity index (χ4v) is 6.27. The zero-order valence-electron chi connectivity index (χ0n) is 31.5.